The minimum Gasteiger partial charge on any atom is -0.508 e. The number of hydrogen-bond acceptors (Lipinski definition) is 3. The highest BCUT2D eigenvalue weighted by Gasteiger charge is 2.53. The molecule has 86 valence electrons. The second-order valence-corrected chi connectivity index (χ2v) is 4.48. The Bertz CT molecular complexity index is 436. The summed E-state index contributed by atoms with van der Waals surface area (Å²) in [4.78, 5) is 13.1. The third kappa shape index (κ3) is 1.50. The average Bonchev–Trinajstić information content (AvgIpc) is 2.98. The number of aromatic hydroxyl groups is 1. The van der Waals surface area contributed by atoms with Crippen LogP contribution in [0.3, 0.4) is 0 Å². The van der Waals surface area contributed by atoms with E-state index in [0.29, 0.717) is 18.4 Å². The van der Waals surface area contributed by atoms with Gasteiger partial charge in [-0.15, -0.1) is 0 Å². The number of carboxylic acids is 1. The molecule has 1 saturated carbocycles. The van der Waals surface area contributed by atoms with Crippen molar-refractivity contribution >= 4 is 11.7 Å². The molecule has 0 unspecified atom stereocenters. The Balaban J connectivity index is 2.48. The van der Waals surface area contributed by atoms with Gasteiger partial charge in [0.25, 0.3) is 0 Å². The first-order valence-corrected chi connectivity index (χ1v) is 5.21. The Morgan fingerprint density at radius 2 is 2.00 bits per heavy atom. The van der Waals surface area contributed by atoms with E-state index >= 15 is 0 Å². The number of carboxylic acid groups (broad SMARTS) is 1. The highest BCUT2D eigenvalue weighted by atomic mass is 16.4. The fraction of sp³-hybridized carbons (Fsp3) is 0.417. The van der Waals surface area contributed by atoms with Crippen LogP contribution in [-0.2, 0) is 10.2 Å². The summed E-state index contributed by atoms with van der Waals surface area (Å²) >= 11 is 0. The van der Waals surface area contributed by atoms with Crippen LogP contribution in [0.1, 0.15) is 18.4 Å². The molecule has 0 aromatic heterocycles. The van der Waals surface area contributed by atoms with Crippen molar-refractivity contribution in [2.75, 3.05) is 19.0 Å². The number of aliphatic carboxylic acids is 1. The van der Waals surface area contributed by atoms with E-state index in [-0.39, 0.29) is 5.75 Å². The summed E-state index contributed by atoms with van der Waals surface area (Å²) in [7, 11) is 3.77. The summed E-state index contributed by atoms with van der Waals surface area (Å²) in [6.45, 7) is 0. The molecule has 0 atom stereocenters. The number of nitrogens with zero attached hydrogens (tertiary/aromatic N) is 1. The number of rotatable bonds is 3. The maximum absolute atomic E-state index is 11.2. The lowest BCUT2D eigenvalue weighted by Crippen LogP contribution is -2.20. The van der Waals surface area contributed by atoms with Gasteiger partial charge in [0.15, 0.2) is 0 Å². The molecule has 1 aliphatic rings. The maximum Gasteiger partial charge on any atom is 0.314 e. The van der Waals surface area contributed by atoms with Crippen molar-refractivity contribution in [1.29, 1.82) is 0 Å². The van der Waals surface area contributed by atoms with Crippen LogP contribution < -0.4 is 4.90 Å². The number of hydrogen-bond donors (Lipinski definition) is 2. The van der Waals surface area contributed by atoms with Gasteiger partial charge < -0.3 is 15.1 Å². The first-order chi connectivity index (χ1) is 7.47. The topological polar surface area (TPSA) is 60.8 Å². The lowest BCUT2D eigenvalue weighted by Gasteiger charge is -2.17. The van der Waals surface area contributed by atoms with E-state index in [9.17, 15) is 15.0 Å². The first kappa shape index (κ1) is 10.8. The van der Waals surface area contributed by atoms with Crippen molar-refractivity contribution in [2.45, 2.75) is 18.3 Å². The second kappa shape index (κ2) is 3.40. The molecule has 1 aromatic carbocycles. The molecule has 0 amide bonds. The molecule has 0 saturated heterocycles. The molecule has 2 N–H and O–H groups in total. The van der Waals surface area contributed by atoms with E-state index in [2.05, 4.69) is 0 Å². The summed E-state index contributed by atoms with van der Waals surface area (Å²) < 4.78 is 0. The Kier molecular flexibility index (Phi) is 2.30. The van der Waals surface area contributed by atoms with Crippen molar-refractivity contribution in [1.82, 2.24) is 0 Å². The van der Waals surface area contributed by atoms with Gasteiger partial charge in [0.1, 0.15) is 5.75 Å². The molecule has 1 aromatic rings. The van der Waals surface area contributed by atoms with Crippen LogP contribution in [0.15, 0.2) is 18.2 Å². The average molecular weight is 221 g/mol. The van der Waals surface area contributed by atoms with E-state index < -0.39 is 11.4 Å². The smallest absolute Gasteiger partial charge is 0.314 e. The molecule has 4 heteroatoms. The van der Waals surface area contributed by atoms with E-state index in [4.69, 9.17) is 0 Å². The third-order valence-electron chi connectivity index (χ3n) is 3.17. The number of carbonyl (C=O) groups is 1. The van der Waals surface area contributed by atoms with E-state index in [1.54, 1.807) is 18.2 Å². The Morgan fingerprint density at radius 3 is 2.44 bits per heavy atom. The van der Waals surface area contributed by atoms with E-state index in [1.165, 1.54) is 0 Å². The maximum atomic E-state index is 11.2. The van der Waals surface area contributed by atoms with Gasteiger partial charge in [-0.2, -0.15) is 0 Å². The summed E-state index contributed by atoms with van der Waals surface area (Å²) in [5, 5.41) is 18.9. The molecule has 16 heavy (non-hydrogen) atoms. The van der Waals surface area contributed by atoms with E-state index in [1.807, 2.05) is 19.0 Å². The fourth-order valence-corrected chi connectivity index (χ4v) is 1.91. The van der Waals surface area contributed by atoms with Crippen LogP contribution in [0, 0.1) is 0 Å². The van der Waals surface area contributed by atoms with Gasteiger partial charge in [0.2, 0.25) is 0 Å². The summed E-state index contributed by atoms with van der Waals surface area (Å²) in [6, 6.07) is 5.10. The molecular formula is C12H15NO3. The fourth-order valence-electron chi connectivity index (χ4n) is 1.91. The number of phenolic OH excluding ortho intramolecular Hbond substituents is 1. The van der Waals surface area contributed by atoms with Gasteiger partial charge in [-0.3, -0.25) is 4.79 Å². The predicted molar refractivity (Wildman–Crippen MR) is 61.0 cm³/mol. The van der Waals surface area contributed by atoms with Gasteiger partial charge in [-0.1, -0.05) is 0 Å². The SMILES string of the molecule is CN(C)c1ccc(O)c(C2(C(=O)O)CC2)c1. The molecule has 0 bridgehead atoms. The van der Waals surface area contributed by atoms with Crippen molar-refractivity contribution in [3.8, 4) is 5.75 Å². The van der Waals surface area contributed by atoms with Gasteiger partial charge >= 0.3 is 5.97 Å². The zero-order valence-corrected chi connectivity index (χ0v) is 9.40. The van der Waals surface area contributed by atoms with Gasteiger partial charge in [0.05, 0.1) is 5.41 Å². The minimum atomic E-state index is -0.851. The largest absolute Gasteiger partial charge is 0.508 e. The van der Waals surface area contributed by atoms with Crippen molar-refractivity contribution < 1.29 is 15.0 Å². The third-order valence-corrected chi connectivity index (χ3v) is 3.17. The normalized spacial score (nSPS) is 16.9. The van der Waals surface area contributed by atoms with Crippen LogP contribution in [-0.4, -0.2) is 30.3 Å². The summed E-state index contributed by atoms with van der Waals surface area (Å²) in [6.07, 6.45) is 1.21. The Morgan fingerprint density at radius 1 is 1.38 bits per heavy atom. The van der Waals surface area contributed by atoms with Crippen LogP contribution in [0.5, 0.6) is 5.75 Å². The van der Waals surface area contributed by atoms with Gasteiger partial charge in [0, 0.05) is 25.3 Å². The lowest BCUT2D eigenvalue weighted by atomic mass is 9.94. The Labute approximate surface area is 94.1 Å². The lowest BCUT2D eigenvalue weighted by molar-refractivity contribution is -0.140. The first-order valence-electron chi connectivity index (χ1n) is 5.21. The van der Waals surface area contributed by atoms with Gasteiger partial charge in [-0.05, 0) is 31.0 Å². The predicted octanol–water partition coefficient (Wildman–Crippen LogP) is 1.57. The number of anilines is 1. The molecule has 2 rings (SSSR count). The van der Waals surface area contributed by atoms with Crippen LogP contribution in [0.2, 0.25) is 0 Å². The molecule has 0 radical (unpaired) electrons. The monoisotopic (exact) mass is 221 g/mol. The van der Waals surface area contributed by atoms with Crippen molar-refractivity contribution in [3.63, 3.8) is 0 Å². The van der Waals surface area contributed by atoms with Crippen LogP contribution in [0.25, 0.3) is 0 Å². The van der Waals surface area contributed by atoms with Crippen LogP contribution >= 0.6 is 0 Å². The Hall–Kier alpha value is -1.71. The van der Waals surface area contributed by atoms with E-state index in [0.717, 1.165) is 5.69 Å². The molecule has 1 aliphatic carbocycles. The molecule has 0 aliphatic heterocycles. The summed E-state index contributed by atoms with van der Waals surface area (Å²) in [5.74, 6) is -0.774. The standard InChI is InChI=1S/C12H15NO3/c1-13(2)8-3-4-10(14)9(7-8)12(5-6-12)11(15)16/h3-4,7,14H,5-6H2,1-2H3,(H,15,16). The zero-order chi connectivity index (χ0) is 11.9. The van der Waals surface area contributed by atoms with Crippen molar-refractivity contribution in [3.05, 3.63) is 23.8 Å². The number of phenols is 1. The summed E-state index contributed by atoms with van der Waals surface area (Å²) in [5.41, 5.74) is 0.586. The number of benzene rings is 1. The van der Waals surface area contributed by atoms with Gasteiger partial charge in [-0.25, -0.2) is 0 Å². The molecule has 0 heterocycles. The molecule has 4 nitrogen and oxygen atoms in total. The molecule has 0 spiro atoms. The highest BCUT2D eigenvalue weighted by molar-refractivity contribution is 5.86. The quantitative estimate of drug-likeness (QED) is 0.813. The zero-order valence-electron chi connectivity index (χ0n) is 9.40. The molecular weight excluding hydrogens is 206 g/mol. The second-order valence-electron chi connectivity index (χ2n) is 4.48. The van der Waals surface area contributed by atoms with Crippen molar-refractivity contribution in [2.24, 2.45) is 0 Å². The minimum absolute atomic E-state index is 0.0745. The highest BCUT2D eigenvalue weighted by Crippen LogP contribution is 2.51. The molecule has 1 fully saturated rings. The van der Waals surface area contributed by atoms with Crippen LogP contribution in [0.4, 0.5) is 5.69 Å².